The van der Waals surface area contributed by atoms with Crippen molar-refractivity contribution < 1.29 is 4.79 Å². The molecule has 1 heterocycles. The molecule has 0 fully saturated rings. The Kier molecular flexibility index (Phi) is 10.5. The van der Waals surface area contributed by atoms with Gasteiger partial charge in [0.2, 0.25) is 6.41 Å². The van der Waals surface area contributed by atoms with E-state index >= 15 is 0 Å². The zero-order chi connectivity index (χ0) is 11.4. The highest BCUT2D eigenvalue weighted by Gasteiger charge is 1.84. The van der Waals surface area contributed by atoms with E-state index in [1.165, 1.54) is 30.8 Å². The molecule has 1 aromatic rings. The van der Waals surface area contributed by atoms with Crippen LogP contribution in [0.5, 0.6) is 0 Å². The summed E-state index contributed by atoms with van der Waals surface area (Å²) in [4.78, 5) is 9.73. The average Bonchev–Trinajstić information content (AvgIpc) is 2.70. The van der Waals surface area contributed by atoms with Gasteiger partial charge in [-0.3, -0.25) is 4.79 Å². The van der Waals surface area contributed by atoms with Gasteiger partial charge in [0.05, 0.1) is 5.69 Å². The van der Waals surface area contributed by atoms with E-state index in [2.05, 4.69) is 16.6 Å². The number of aryl methyl sites for hydroxylation is 1. The lowest BCUT2D eigenvalue weighted by Gasteiger charge is -1.96. The first kappa shape index (κ1) is 14.1. The van der Waals surface area contributed by atoms with Crippen molar-refractivity contribution in [3.8, 4) is 0 Å². The highest BCUT2D eigenvalue weighted by Crippen LogP contribution is 1.96. The van der Waals surface area contributed by atoms with Gasteiger partial charge in [0, 0.05) is 11.9 Å². The molecule has 1 N–H and O–H groups in total. The largest absolute Gasteiger partial charge is 0.359 e. The lowest BCUT2D eigenvalue weighted by molar-refractivity contribution is -0.109. The lowest BCUT2D eigenvalue weighted by atomic mass is 10.2. The third kappa shape index (κ3) is 11.0. The van der Waals surface area contributed by atoms with Gasteiger partial charge in [-0.1, -0.05) is 26.2 Å². The number of aromatic nitrogens is 1. The molecule has 0 aliphatic carbocycles. The second kappa shape index (κ2) is 11.2. The van der Waals surface area contributed by atoms with Crippen molar-refractivity contribution in [2.45, 2.75) is 39.5 Å². The van der Waals surface area contributed by atoms with E-state index in [1.807, 2.05) is 18.4 Å². The summed E-state index contributed by atoms with van der Waals surface area (Å²) < 4.78 is 3.96. The van der Waals surface area contributed by atoms with E-state index < -0.39 is 0 Å². The second-order valence-electron chi connectivity index (χ2n) is 3.27. The summed E-state index contributed by atoms with van der Waals surface area (Å²) in [6.07, 6.45) is 5.64. The van der Waals surface area contributed by atoms with Crippen LogP contribution in [0.3, 0.4) is 0 Å². The monoisotopic (exact) mass is 228 g/mol. The van der Waals surface area contributed by atoms with E-state index in [0.29, 0.717) is 0 Å². The van der Waals surface area contributed by atoms with Crippen molar-refractivity contribution in [1.82, 2.24) is 9.69 Å². The van der Waals surface area contributed by atoms with Gasteiger partial charge in [-0.25, -0.2) is 0 Å². The van der Waals surface area contributed by atoms with Crippen molar-refractivity contribution in [2.75, 3.05) is 6.54 Å². The highest BCUT2D eigenvalue weighted by atomic mass is 32.1. The molecule has 15 heavy (non-hydrogen) atoms. The molecule has 1 rings (SSSR count). The number of nitrogens with one attached hydrogen (secondary N) is 1. The number of hydrogen-bond acceptors (Lipinski definition) is 3. The van der Waals surface area contributed by atoms with Crippen LogP contribution < -0.4 is 5.32 Å². The Morgan fingerprint density at radius 1 is 1.47 bits per heavy atom. The van der Waals surface area contributed by atoms with Gasteiger partial charge in [-0.15, -0.1) is 0 Å². The number of amides is 1. The quantitative estimate of drug-likeness (QED) is 0.601. The Morgan fingerprint density at radius 2 is 2.27 bits per heavy atom. The average molecular weight is 228 g/mol. The van der Waals surface area contributed by atoms with E-state index in [4.69, 9.17) is 0 Å². The van der Waals surface area contributed by atoms with Crippen LogP contribution in [0.2, 0.25) is 0 Å². The molecule has 1 amide bonds. The van der Waals surface area contributed by atoms with E-state index in [0.717, 1.165) is 25.1 Å². The Morgan fingerprint density at radius 3 is 2.67 bits per heavy atom. The van der Waals surface area contributed by atoms with Crippen molar-refractivity contribution in [3.63, 3.8) is 0 Å². The number of carbonyl (C=O) groups excluding carboxylic acids is 1. The van der Waals surface area contributed by atoms with Crippen LogP contribution in [0.25, 0.3) is 0 Å². The standard InChI is InChI=1S/C7H15NO.C4H5NS/c1-2-3-4-5-6-8-7-9;1-4-2-3-6-5-4/h7H,2-6H2,1H3,(H,8,9);2-3H,1H3. The molecular formula is C11H20N2OS. The first-order valence-corrected chi connectivity index (χ1v) is 6.19. The van der Waals surface area contributed by atoms with Crippen molar-refractivity contribution in [1.29, 1.82) is 0 Å². The molecule has 0 spiro atoms. The fraction of sp³-hybridized carbons (Fsp3) is 0.636. The number of hydrogen-bond donors (Lipinski definition) is 1. The SMILES string of the molecule is CCCCCCNC=O.Cc1ccsn1. The van der Waals surface area contributed by atoms with Gasteiger partial charge in [-0.2, -0.15) is 4.37 Å². The summed E-state index contributed by atoms with van der Waals surface area (Å²) in [6, 6.07) is 1.99. The Bertz CT molecular complexity index is 225. The minimum atomic E-state index is 0.756. The van der Waals surface area contributed by atoms with Crippen molar-refractivity contribution in [3.05, 3.63) is 17.1 Å². The number of unbranched alkanes of at least 4 members (excludes halogenated alkanes) is 3. The molecule has 0 atom stereocenters. The van der Waals surface area contributed by atoms with Crippen LogP contribution in [0.1, 0.15) is 38.3 Å². The van der Waals surface area contributed by atoms with Crippen LogP contribution in [0, 0.1) is 6.92 Å². The lowest BCUT2D eigenvalue weighted by Crippen LogP contribution is -2.11. The third-order valence-corrected chi connectivity index (χ3v) is 2.48. The molecule has 0 aliphatic heterocycles. The number of carbonyl (C=O) groups is 1. The summed E-state index contributed by atoms with van der Waals surface area (Å²) in [7, 11) is 0. The summed E-state index contributed by atoms with van der Waals surface area (Å²) in [5.74, 6) is 0. The summed E-state index contributed by atoms with van der Waals surface area (Å²) >= 11 is 1.49. The van der Waals surface area contributed by atoms with E-state index in [1.54, 1.807) is 0 Å². The second-order valence-corrected chi connectivity index (χ2v) is 3.94. The number of rotatable bonds is 6. The predicted molar refractivity (Wildman–Crippen MR) is 65.1 cm³/mol. The van der Waals surface area contributed by atoms with Crippen LogP contribution in [-0.2, 0) is 4.79 Å². The number of nitrogens with zero attached hydrogens (tertiary/aromatic N) is 1. The Hall–Kier alpha value is -0.900. The summed E-state index contributed by atoms with van der Waals surface area (Å²) in [5.41, 5.74) is 1.11. The molecule has 0 bridgehead atoms. The molecule has 4 heteroatoms. The maximum Gasteiger partial charge on any atom is 0.207 e. The maximum atomic E-state index is 9.73. The summed E-state index contributed by atoms with van der Waals surface area (Å²) in [5, 5.41) is 4.59. The Balaban J connectivity index is 0.000000280. The third-order valence-electron chi connectivity index (χ3n) is 1.82. The molecule has 0 aliphatic rings. The fourth-order valence-corrected chi connectivity index (χ4v) is 1.53. The van der Waals surface area contributed by atoms with Crippen LogP contribution >= 0.6 is 11.5 Å². The van der Waals surface area contributed by atoms with Gasteiger partial charge < -0.3 is 5.32 Å². The highest BCUT2D eigenvalue weighted by molar-refractivity contribution is 7.03. The molecule has 0 unspecified atom stereocenters. The van der Waals surface area contributed by atoms with Gasteiger partial charge in [0.15, 0.2) is 0 Å². The van der Waals surface area contributed by atoms with E-state index in [9.17, 15) is 4.79 Å². The molecule has 0 aromatic carbocycles. The molecule has 3 nitrogen and oxygen atoms in total. The fourth-order valence-electron chi connectivity index (χ4n) is 0.986. The molecule has 0 radical (unpaired) electrons. The first-order valence-electron chi connectivity index (χ1n) is 5.35. The topological polar surface area (TPSA) is 42.0 Å². The first-order chi connectivity index (χ1) is 7.31. The van der Waals surface area contributed by atoms with E-state index in [-0.39, 0.29) is 0 Å². The smallest absolute Gasteiger partial charge is 0.207 e. The molecule has 0 saturated heterocycles. The molecule has 1 aromatic heterocycles. The van der Waals surface area contributed by atoms with Gasteiger partial charge in [-0.05, 0) is 30.9 Å². The minimum absolute atomic E-state index is 0.756. The maximum absolute atomic E-state index is 9.73. The van der Waals surface area contributed by atoms with Crippen LogP contribution in [0.15, 0.2) is 11.4 Å². The zero-order valence-electron chi connectivity index (χ0n) is 9.53. The van der Waals surface area contributed by atoms with Gasteiger partial charge in [0.25, 0.3) is 0 Å². The normalized spacial score (nSPS) is 8.93. The van der Waals surface area contributed by atoms with Crippen molar-refractivity contribution >= 4 is 17.9 Å². The zero-order valence-corrected chi connectivity index (χ0v) is 10.3. The predicted octanol–water partition coefficient (Wildman–Crippen LogP) is 2.76. The van der Waals surface area contributed by atoms with Crippen molar-refractivity contribution in [2.24, 2.45) is 0 Å². The van der Waals surface area contributed by atoms with Gasteiger partial charge >= 0.3 is 0 Å². The van der Waals surface area contributed by atoms with Gasteiger partial charge in [0.1, 0.15) is 0 Å². The minimum Gasteiger partial charge on any atom is -0.359 e. The summed E-state index contributed by atoms with van der Waals surface area (Å²) in [6.45, 7) is 4.99. The molecule has 86 valence electrons. The Labute approximate surface area is 96.1 Å². The molecule has 0 saturated carbocycles. The van der Waals surface area contributed by atoms with Crippen LogP contribution in [0.4, 0.5) is 0 Å². The molecular weight excluding hydrogens is 208 g/mol. The van der Waals surface area contributed by atoms with Crippen LogP contribution in [-0.4, -0.2) is 17.3 Å².